The summed E-state index contributed by atoms with van der Waals surface area (Å²) in [6.45, 7) is 12.7. The minimum absolute atomic E-state index is 0.0556. The molecule has 0 rings (SSSR count). The molecule has 0 saturated heterocycles. The van der Waals surface area contributed by atoms with Gasteiger partial charge >= 0.3 is 0 Å². The Labute approximate surface area is 87.9 Å². The van der Waals surface area contributed by atoms with E-state index in [9.17, 15) is 0 Å². The van der Waals surface area contributed by atoms with Crippen molar-refractivity contribution in [1.29, 1.82) is 5.41 Å². The van der Waals surface area contributed by atoms with E-state index in [1.807, 2.05) is 11.8 Å². The summed E-state index contributed by atoms with van der Waals surface area (Å²) in [5.74, 6) is 0.981. The van der Waals surface area contributed by atoms with Crippen molar-refractivity contribution in [3.8, 4) is 0 Å². The van der Waals surface area contributed by atoms with E-state index in [1.54, 1.807) is 0 Å². The van der Waals surface area contributed by atoms with Crippen molar-refractivity contribution in [3.05, 3.63) is 0 Å². The Bertz CT molecular complexity index is 165. The number of nitrogens with zero attached hydrogens (tertiary/aromatic N) is 1. The standard InChI is InChI=1S/C11H24N2O/c1-6-13(7-2)11(12)10(9(4)5)14-8-3/h9-10,12H,6-8H2,1-5H3. The summed E-state index contributed by atoms with van der Waals surface area (Å²) in [6.07, 6.45) is -0.0556. The van der Waals surface area contributed by atoms with Gasteiger partial charge in [-0.25, -0.2) is 0 Å². The van der Waals surface area contributed by atoms with Crippen molar-refractivity contribution < 1.29 is 4.74 Å². The zero-order valence-electron chi connectivity index (χ0n) is 10.1. The van der Waals surface area contributed by atoms with Crippen LogP contribution in [0.25, 0.3) is 0 Å². The lowest BCUT2D eigenvalue weighted by atomic mass is 10.1. The van der Waals surface area contributed by atoms with Crippen LogP contribution in [-0.2, 0) is 4.74 Å². The molecular formula is C11H24N2O. The third-order valence-electron chi connectivity index (χ3n) is 2.33. The van der Waals surface area contributed by atoms with Gasteiger partial charge in [0.05, 0.1) is 0 Å². The summed E-state index contributed by atoms with van der Waals surface area (Å²) in [4.78, 5) is 2.04. The lowest BCUT2D eigenvalue weighted by Gasteiger charge is -2.30. The Morgan fingerprint density at radius 3 is 2.00 bits per heavy atom. The minimum atomic E-state index is -0.0556. The molecule has 1 atom stereocenters. The van der Waals surface area contributed by atoms with Gasteiger partial charge in [-0.1, -0.05) is 13.8 Å². The first-order chi connectivity index (χ1) is 6.58. The largest absolute Gasteiger partial charge is 0.370 e. The normalized spacial score (nSPS) is 13.0. The molecule has 0 aliphatic rings. The van der Waals surface area contributed by atoms with Gasteiger partial charge in [0.2, 0.25) is 0 Å². The fourth-order valence-corrected chi connectivity index (χ4v) is 1.51. The molecule has 0 bridgehead atoms. The number of likely N-dealkylation sites (N-methyl/N-ethyl adjacent to an activating group) is 1. The average Bonchev–Trinajstić information content (AvgIpc) is 2.15. The smallest absolute Gasteiger partial charge is 0.126 e. The molecule has 1 N–H and O–H groups in total. The van der Waals surface area contributed by atoms with Gasteiger partial charge in [-0.3, -0.25) is 5.41 Å². The topological polar surface area (TPSA) is 36.3 Å². The van der Waals surface area contributed by atoms with E-state index in [0.29, 0.717) is 18.4 Å². The molecule has 0 aromatic carbocycles. The first kappa shape index (κ1) is 13.4. The molecule has 0 saturated carbocycles. The Morgan fingerprint density at radius 2 is 1.71 bits per heavy atom. The van der Waals surface area contributed by atoms with Gasteiger partial charge in [-0.2, -0.15) is 0 Å². The predicted octanol–water partition coefficient (Wildman–Crippen LogP) is 2.37. The van der Waals surface area contributed by atoms with Crippen LogP contribution in [0.3, 0.4) is 0 Å². The first-order valence-corrected chi connectivity index (χ1v) is 5.53. The van der Waals surface area contributed by atoms with Crippen LogP contribution in [0.4, 0.5) is 0 Å². The van der Waals surface area contributed by atoms with Crippen LogP contribution in [-0.4, -0.2) is 36.5 Å². The fraction of sp³-hybridized carbons (Fsp3) is 0.909. The maximum atomic E-state index is 8.04. The Hall–Kier alpha value is -0.570. The third kappa shape index (κ3) is 3.66. The van der Waals surface area contributed by atoms with Gasteiger partial charge in [-0.15, -0.1) is 0 Å². The number of amidine groups is 1. The number of hydrogen-bond donors (Lipinski definition) is 1. The van der Waals surface area contributed by atoms with E-state index in [2.05, 4.69) is 27.7 Å². The van der Waals surface area contributed by atoms with E-state index < -0.39 is 0 Å². The van der Waals surface area contributed by atoms with Crippen LogP contribution in [0, 0.1) is 11.3 Å². The number of hydrogen-bond acceptors (Lipinski definition) is 2. The maximum absolute atomic E-state index is 8.04. The predicted molar refractivity (Wildman–Crippen MR) is 60.9 cm³/mol. The van der Waals surface area contributed by atoms with Gasteiger partial charge < -0.3 is 9.64 Å². The van der Waals surface area contributed by atoms with Crippen molar-refractivity contribution in [2.24, 2.45) is 5.92 Å². The van der Waals surface area contributed by atoms with Gasteiger partial charge in [0.1, 0.15) is 11.9 Å². The van der Waals surface area contributed by atoms with Crippen LogP contribution >= 0.6 is 0 Å². The molecule has 0 spiro atoms. The zero-order valence-corrected chi connectivity index (χ0v) is 10.1. The molecule has 3 nitrogen and oxygen atoms in total. The molecule has 0 heterocycles. The molecule has 14 heavy (non-hydrogen) atoms. The lowest BCUT2D eigenvalue weighted by Crippen LogP contribution is -2.42. The molecule has 0 amide bonds. The summed E-state index contributed by atoms with van der Waals surface area (Å²) >= 11 is 0. The van der Waals surface area contributed by atoms with Crippen LogP contribution in [0.15, 0.2) is 0 Å². The second kappa shape index (κ2) is 6.82. The van der Waals surface area contributed by atoms with E-state index in [0.717, 1.165) is 13.1 Å². The summed E-state index contributed by atoms with van der Waals surface area (Å²) in [5.41, 5.74) is 0. The molecule has 3 heteroatoms. The van der Waals surface area contributed by atoms with E-state index in [1.165, 1.54) is 0 Å². The summed E-state index contributed by atoms with van der Waals surface area (Å²) in [7, 11) is 0. The summed E-state index contributed by atoms with van der Waals surface area (Å²) in [5, 5.41) is 8.04. The third-order valence-corrected chi connectivity index (χ3v) is 2.33. The Kier molecular flexibility index (Phi) is 6.54. The number of ether oxygens (including phenoxy) is 1. The molecule has 0 aliphatic heterocycles. The van der Waals surface area contributed by atoms with Gasteiger partial charge in [0, 0.05) is 19.7 Å². The quantitative estimate of drug-likeness (QED) is 0.528. The van der Waals surface area contributed by atoms with Crippen LogP contribution in [0.5, 0.6) is 0 Å². The maximum Gasteiger partial charge on any atom is 0.126 e. The molecule has 0 aromatic rings. The Balaban J connectivity index is 4.40. The van der Waals surface area contributed by atoms with Crippen LogP contribution < -0.4 is 0 Å². The zero-order chi connectivity index (χ0) is 11.1. The van der Waals surface area contributed by atoms with Crippen molar-refractivity contribution in [2.75, 3.05) is 19.7 Å². The summed E-state index contributed by atoms with van der Waals surface area (Å²) < 4.78 is 5.58. The molecular weight excluding hydrogens is 176 g/mol. The first-order valence-electron chi connectivity index (χ1n) is 5.53. The monoisotopic (exact) mass is 200 g/mol. The second-order valence-corrected chi connectivity index (χ2v) is 3.68. The van der Waals surface area contributed by atoms with E-state index >= 15 is 0 Å². The van der Waals surface area contributed by atoms with Crippen LogP contribution in [0.2, 0.25) is 0 Å². The fourth-order valence-electron chi connectivity index (χ4n) is 1.51. The van der Waals surface area contributed by atoms with Crippen molar-refractivity contribution >= 4 is 5.84 Å². The van der Waals surface area contributed by atoms with Crippen molar-refractivity contribution in [3.63, 3.8) is 0 Å². The van der Waals surface area contributed by atoms with E-state index in [-0.39, 0.29) is 6.10 Å². The molecule has 0 fully saturated rings. The highest BCUT2D eigenvalue weighted by Crippen LogP contribution is 2.10. The van der Waals surface area contributed by atoms with E-state index in [4.69, 9.17) is 10.1 Å². The van der Waals surface area contributed by atoms with Gasteiger partial charge in [0.15, 0.2) is 0 Å². The number of nitrogens with one attached hydrogen (secondary N) is 1. The van der Waals surface area contributed by atoms with Crippen LogP contribution in [0.1, 0.15) is 34.6 Å². The van der Waals surface area contributed by atoms with Crippen molar-refractivity contribution in [2.45, 2.75) is 40.7 Å². The molecule has 0 aliphatic carbocycles. The highest BCUT2D eigenvalue weighted by molar-refractivity contribution is 5.83. The average molecular weight is 200 g/mol. The number of rotatable bonds is 6. The highest BCUT2D eigenvalue weighted by atomic mass is 16.5. The van der Waals surface area contributed by atoms with Crippen molar-refractivity contribution in [1.82, 2.24) is 4.90 Å². The van der Waals surface area contributed by atoms with Gasteiger partial charge in [0.25, 0.3) is 0 Å². The van der Waals surface area contributed by atoms with Gasteiger partial charge in [-0.05, 0) is 26.7 Å². The Morgan fingerprint density at radius 1 is 1.21 bits per heavy atom. The lowest BCUT2D eigenvalue weighted by molar-refractivity contribution is 0.0686. The molecule has 0 radical (unpaired) electrons. The molecule has 84 valence electrons. The summed E-state index contributed by atoms with van der Waals surface area (Å²) in [6, 6.07) is 0. The minimum Gasteiger partial charge on any atom is -0.370 e. The highest BCUT2D eigenvalue weighted by Gasteiger charge is 2.22. The SMILES string of the molecule is CCOC(C(=N)N(CC)CC)C(C)C. The second-order valence-electron chi connectivity index (χ2n) is 3.68. The molecule has 0 aromatic heterocycles. The molecule has 1 unspecified atom stereocenters.